The van der Waals surface area contributed by atoms with Gasteiger partial charge in [-0.1, -0.05) is 0 Å². The summed E-state index contributed by atoms with van der Waals surface area (Å²) in [5.41, 5.74) is 6.09. The molecule has 0 aromatic carbocycles. The predicted molar refractivity (Wildman–Crippen MR) is 64.2 cm³/mol. The highest BCUT2D eigenvalue weighted by Gasteiger charge is 2.24. The van der Waals surface area contributed by atoms with Crippen LogP contribution in [0.3, 0.4) is 0 Å². The van der Waals surface area contributed by atoms with Crippen molar-refractivity contribution in [3.63, 3.8) is 0 Å². The van der Waals surface area contributed by atoms with Crippen LogP contribution in [0.25, 0.3) is 0 Å². The largest absolute Gasteiger partial charge is 0.490 e. The first-order valence-electron chi connectivity index (χ1n) is 5.32. The van der Waals surface area contributed by atoms with Crippen LogP contribution in [0.2, 0.25) is 0 Å². The SMILES string of the molecule is CS(=O)(=O)Nc1cc(OC2CC2)cc(CN)n1. The first-order valence-corrected chi connectivity index (χ1v) is 7.21. The minimum absolute atomic E-state index is 0.236. The van der Waals surface area contributed by atoms with Gasteiger partial charge in [0.05, 0.1) is 18.1 Å². The predicted octanol–water partition coefficient (Wildman–Crippen LogP) is 0.453. The number of nitrogens with two attached hydrogens (primary N) is 1. The summed E-state index contributed by atoms with van der Waals surface area (Å²) in [5.74, 6) is 0.847. The highest BCUT2D eigenvalue weighted by Crippen LogP contribution is 2.28. The molecule has 3 N–H and O–H groups in total. The molecule has 1 heterocycles. The van der Waals surface area contributed by atoms with Gasteiger partial charge in [0.2, 0.25) is 10.0 Å². The molecule has 0 bridgehead atoms. The molecule has 0 atom stereocenters. The van der Waals surface area contributed by atoms with E-state index in [0.717, 1.165) is 19.1 Å². The molecule has 1 aromatic heterocycles. The van der Waals surface area contributed by atoms with Crippen LogP contribution in [0.1, 0.15) is 18.5 Å². The van der Waals surface area contributed by atoms with Gasteiger partial charge in [-0.2, -0.15) is 0 Å². The Labute approximate surface area is 100 Å². The van der Waals surface area contributed by atoms with Crippen molar-refractivity contribution in [2.75, 3.05) is 11.0 Å². The van der Waals surface area contributed by atoms with Crippen LogP contribution in [0.4, 0.5) is 5.82 Å². The van der Waals surface area contributed by atoms with Gasteiger partial charge in [-0.05, 0) is 12.8 Å². The molecule has 2 rings (SSSR count). The van der Waals surface area contributed by atoms with Crippen molar-refractivity contribution in [1.29, 1.82) is 0 Å². The van der Waals surface area contributed by atoms with Gasteiger partial charge >= 0.3 is 0 Å². The second-order valence-electron chi connectivity index (χ2n) is 4.07. The van der Waals surface area contributed by atoms with E-state index in [4.69, 9.17) is 10.5 Å². The van der Waals surface area contributed by atoms with E-state index in [9.17, 15) is 8.42 Å². The van der Waals surface area contributed by atoms with Crippen LogP contribution in [0.5, 0.6) is 5.75 Å². The van der Waals surface area contributed by atoms with E-state index in [1.807, 2.05) is 0 Å². The zero-order chi connectivity index (χ0) is 12.5. The molecule has 1 aliphatic carbocycles. The highest BCUT2D eigenvalue weighted by atomic mass is 32.2. The van der Waals surface area contributed by atoms with E-state index in [1.165, 1.54) is 0 Å². The summed E-state index contributed by atoms with van der Waals surface area (Å²) in [6, 6.07) is 3.30. The molecule has 1 aromatic rings. The quantitative estimate of drug-likeness (QED) is 0.798. The molecule has 6 nitrogen and oxygen atoms in total. The fourth-order valence-corrected chi connectivity index (χ4v) is 1.84. The third-order valence-electron chi connectivity index (χ3n) is 2.18. The average Bonchev–Trinajstić information content (AvgIpc) is 2.98. The zero-order valence-corrected chi connectivity index (χ0v) is 10.3. The van der Waals surface area contributed by atoms with Gasteiger partial charge in [-0.3, -0.25) is 4.72 Å². The minimum Gasteiger partial charge on any atom is -0.490 e. The maximum atomic E-state index is 11.1. The van der Waals surface area contributed by atoms with Crippen LogP contribution in [-0.2, 0) is 16.6 Å². The maximum absolute atomic E-state index is 11.1. The fourth-order valence-electron chi connectivity index (χ4n) is 1.35. The normalized spacial score (nSPS) is 15.6. The van der Waals surface area contributed by atoms with Crippen molar-refractivity contribution in [3.8, 4) is 5.75 Å². The second kappa shape index (κ2) is 4.50. The van der Waals surface area contributed by atoms with E-state index < -0.39 is 10.0 Å². The topological polar surface area (TPSA) is 94.3 Å². The molecule has 94 valence electrons. The van der Waals surface area contributed by atoms with Gasteiger partial charge in [0.1, 0.15) is 11.6 Å². The zero-order valence-electron chi connectivity index (χ0n) is 9.51. The van der Waals surface area contributed by atoms with Crippen molar-refractivity contribution in [2.24, 2.45) is 5.73 Å². The number of sulfonamides is 1. The standard InChI is InChI=1S/C10H15N3O3S/c1-17(14,15)13-10-5-9(16-8-2-3-8)4-7(6-11)12-10/h4-5,8H,2-3,6,11H2,1H3,(H,12,13). The summed E-state index contributed by atoms with van der Waals surface area (Å²) >= 11 is 0. The van der Waals surface area contributed by atoms with E-state index >= 15 is 0 Å². The van der Waals surface area contributed by atoms with Crippen LogP contribution in [0.15, 0.2) is 12.1 Å². The molecule has 1 saturated carbocycles. The summed E-state index contributed by atoms with van der Waals surface area (Å²) in [6.45, 7) is 0.236. The Bertz CT molecular complexity index is 512. The van der Waals surface area contributed by atoms with Crippen LogP contribution in [-0.4, -0.2) is 25.8 Å². The summed E-state index contributed by atoms with van der Waals surface area (Å²) in [7, 11) is -3.34. The van der Waals surface area contributed by atoms with Gasteiger partial charge in [-0.25, -0.2) is 13.4 Å². The molecular formula is C10H15N3O3S. The number of pyridine rings is 1. The Morgan fingerprint density at radius 2 is 2.24 bits per heavy atom. The molecule has 1 aliphatic rings. The molecule has 0 unspecified atom stereocenters. The Kier molecular flexibility index (Phi) is 3.21. The first-order chi connectivity index (χ1) is 7.96. The number of anilines is 1. The Balaban J connectivity index is 2.24. The molecule has 0 amide bonds. The monoisotopic (exact) mass is 257 g/mol. The van der Waals surface area contributed by atoms with Gasteiger partial charge in [0.15, 0.2) is 0 Å². The summed E-state index contributed by atoms with van der Waals surface area (Å²) < 4.78 is 30.2. The summed E-state index contributed by atoms with van der Waals surface area (Å²) in [6.07, 6.45) is 3.39. The van der Waals surface area contributed by atoms with Gasteiger partial charge in [0.25, 0.3) is 0 Å². The van der Waals surface area contributed by atoms with Crippen molar-refractivity contribution in [2.45, 2.75) is 25.5 Å². The molecule has 0 aliphatic heterocycles. The summed E-state index contributed by atoms with van der Waals surface area (Å²) in [5, 5.41) is 0. The molecule has 0 spiro atoms. The van der Waals surface area contributed by atoms with Crippen molar-refractivity contribution < 1.29 is 13.2 Å². The van der Waals surface area contributed by atoms with E-state index in [2.05, 4.69) is 9.71 Å². The average molecular weight is 257 g/mol. The molecule has 1 fully saturated rings. The van der Waals surface area contributed by atoms with E-state index in [0.29, 0.717) is 11.4 Å². The van der Waals surface area contributed by atoms with Crippen LogP contribution < -0.4 is 15.2 Å². The lowest BCUT2D eigenvalue weighted by atomic mass is 10.3. The number of aromatic nitrogens is 1. The van der Waals surface area contributed by atoms with Crippen molar-refractivity contribution in [3.05, 3.63) is 17.8 Å². The summed E-state index contributed by atoms with van der Waals surface area (Å²) in [4.78, 5) is 4.07. The third kappa shape index (κ3) is 3.86. The van der Waals surface area contributed by atoms with E-state index in [1.54, 1.807) is 12.1 Å². The van der Waals surface area contributed by atoms with Gasteiger partial charge in [-0.15, -0.1) is 0 Å². The number of hydrogen-bond donors (Lipinski definition) is 2. The maximum Gasteiger partial charge on any atom is 0.230 e. The number of rotatable bonds is 5. The number of ether oxygens (including phenoxy) is 1. The lowest BCUT2D eigenvalue weighted by Crippen LogP contribution is -2.12. The fraction of sp³-hybridized carbons (Fsp3) is 0.500. The van der Waals surface area contributed by atoms with Crippen LogP contribution in [0, 0.1) is 0 Å². The second-order valence-corrected chi connectivity index (χ2v) is 5.82. The Morgan fingerprint density at radius 3 is 2.76 bits per heavy atom. The van der Waals surface area contributed by atoms with Gasteiger partial charge < -0.3 is 10.5 Å². The number of nitrogens with one attached hydrogen (secondary N) is 1. The van der Waals surface area contributed by atoms with Crippen molar-refractivity contribution in [1.82, 2.24) is 4.98 Å². The number of nitrogens with zero attached hydrogens (tertiary/aromatic N) is 1. The molecule has 0 saturated heterocycles. The van der Waals surface area contributed by atoms with Crippen molar-refractivity contribution >= 4 is 15.8 Å². The number of hydrogen-bond acceptors (Lipinski definition) is 5. The van der Waals surface area contributed by atoms with Crippen LogP contribution >= 0.6 is 0 Å². The Morgan fingerprint density at radius 1 is 1.53 bits per heavy atom. The molecule has 17 heavy (non-hydrogen) atoms. The first kappa shape index (κ1) is 12.1. The lowest BCUT2D eigenvalue weighted by molar-refractivity contribution is 0.302. The lowest BCUT2D eigenvalue weighted by Gasteiger charge is -2.09. The van der Waals surface area contributed by atoms with E-state index in [-0.39, 0.29) is 18.5 Å². The smallest absolute Gasteiger partial charge is 0.230 e. The van der Waals surface area contributed by atoms with Gasteiger partial charge in [0, 0.05) is 18.7 Å². The minimum atomic E-state index is -3.34. The molecule has 0 radical (unpaired) electrons. The Hall–Kier alpha value is -1.34. The highest BCUT2D eigenvalue weighted by molar-refractivity contribution is 7.92. The molecule has 7 heteroatoms. The molecular weight excluding hydrogens is 242 g/mol. The third-order valence-corrected chi connectivity index (χ3v) is 2.76.